The van der Waals surface area contributed by atoms with Gasteiger partial charge < -0.3 is 9.47 Å². The van der Waals surface area contributed by atoms with Crippen molar-refractivity contribution in [3.63, 3.8) is 0 Å². The van der Waals surface area contributed by atoms with E-state index < -0.39 is 0 Å². The van der Waals surface area contributed by atoms with Crippen LogP contribution >= 0.6 is 0 Å². The van der Waals surface area contributed by atoms with Gasteiger partial charge in [0.1, 0.15) is 5.82 Å². The minimum atomic E-state index is 0.179. The largest absolute Gasteiger partial charge is 0.346 e. The van der Waals surface area contributed by atoms with Crippen molar-refractivity contribution in [2.45, 2.75) is 25.7 Å². The van der Waals surface area contributed by atoms with Crippen molar-refractivity contribution in [2.24, 2.45) is 7.05 Å². The van der Waals surface area contributed by atoms with E-state index in [2.05, 4.69) is 9.97 Å². The summed E-state index contributed by atoms with van der Waals surface area (Å²) < 4.78 is 2.02. The topological polar surface area (TPSA) is 51.0 Å². The minimum Gasteiger partial charge on any atom is -0.346 e. The molecule has 0 spiro atoms. The SMILES string of the molecule is CN(CCCc1nccn1C)C(=O)CCc1cccnc1. The van der Waals surface area contributed by atoms with E-state index in [0.29, 0.717) is 6.42 Å². The van der Waals surface area contributed by atoms with Crippen LogP contribution in [0.2, 0.25) is 0 Å². The number of aromatic nitrogens is 3. The minimum absolute atomic E-state index is 0.179. The molecule has 1 amide bonds. The lowest BCUT2D eigenvalue weighted by Crippen LogP contribution is -2.28. The average Bonchev–Trinajstić information content (AvgIpc) is 2.91. The predicted octanol–water partition coefficient (Wildman–Crippen LogP) is 1.84. The Morgan fingerprint density at radius 3 is 2.86 bits per heavy atom. The Labute approximate surface area is 125 Å². The second-order valence-electron chi connectivity index (χ2n) is 5.23. The first-order chi connectivity index (χ1) is 10.2. The molecule has 2 aromatic heterocycles. The van der Waals surface area contributed by atoms with E-state index >= 15 is 0 Å². The van der Waals surface area contributed by atoms with E-state index in [9.17, 15) is 4.79 Å². The van der Waals surface area contributed by atoms with Gasteiger partial charge in [-0.2, -0.15) is 0 Å². The van der Waals surface area contributed by atoms with Gasteiger partial charge in [-0.15, -0.1) is 0 Å². The molecular formula is C16H22N4O. The maximum atomic E-state index is 12.1. The summed E-state index contributed by atoms with van der Waals surface area (Å²) in [4.78, 5) is 22.2. The Morgan fingerprint density at radius 2 is 2.19 bits per heavy atom. The molecule has 0 aromatic carbocycles. The molecule has 0 atom stereocenters. The van der Waals surface area contributed by atoms with Crippen molar-refractivity contribution < 1.29 is 4.79 Å². The lowest BCUT2D eigenvalue weighted by molar-refractivity contribution is -0.129. The first-order valence-corrected chi connectivity index (χ1v) is 7.26. The van der Waals surface area contributed by atoms with E-state index in [1.54, 1.807) is 17.3 Å². The lowest BCUT2D eigenvalue weighted by Gasteiger charge is -2.17. The van der Waals surface area contributed by atoms with Crippen LogP contribution in [0.1, 0.15) is 24.2 Å². The standard InChI is InChI=1S/C16H22N4O/c1-19-12-10-18-15(19)6-4-11-20(2)16(21)8-7-14-5-3-9-17-13-14/h3,5,9-10,12-13H,4,6-8,11H2,1-2H3. The van der Waals surface area contributed by atoms with Gasteiger partial charge in [-0.3, -0.25) is 9.78 Å². The van der Waals surface area contributed by atoms with Gasteiger partial charge in [-0.1, -0.05) is 6.07 Å². The van der Waals surface area contributed by atoms with Gasteiger partial charge in [-0.25, -0.2) is 4.98 Å². The molecular weight excluding hydrogens is 264 g/mol. The van der Waals surface area contributed by atoms with Crippen molar-refractivity contribution in [1.82, 2.24) is 19.4 Å². The summed E-state index contributed by atoms with van der Waals surface area (Å²) in [5, 5.41) is 0. The van der Waals surface area contributed by atoms with Crippen LogP contribution in [0.15, 0.2) is 36.9 Å². The second kappa shape index (κ2) is 7.57. The number of hydrogen-bond acceptors (Lipinski definition) is 3. The molecule has 0 aliphatic heterocycles. The summed E-state index contributed by atoms with van der Waals surface area (Å²) in [6.45, 7) is 0.763. The van der Waals surface area contributed by atoms with Crippen molar-refractivity contribution in [3.05, 3.63) is 48.3 Å². The monoisotopic (exact) mass is 286 g/mol. The van der Waals surface area contributed by atoms with E-state index in [1.165, 1.54) is 0 Å². The highest BCUT2D eigenvalue weighted by atomic mass is 16.2. The Kier molecular flexibility index (Phi) is 5.49. The molecule has 0 bridgehead atoms. The zero-order chi connectivity index (χ0) is 15.1. The third-order valence-electron chi connectivity index (χ3n) is 3.59. The van der Waals surface area contributed by atoms with Gasteiger partial charge in [0.2, 0.25) is 5.91 Å². The molecule has 0 radical (unpaired) electrons. The van der Waals surface area contributed by atoms with E-state index in [-0.39, 0.29) is 5.91 Å². The molecule has 0 aliphatic carbocycles. The van der Waals surface area contributed by atoms with Crippen LogP contribution in [0.5, 0.6) is 0 Å². The Morgan fingerprint density at radius 1 is 1.33 bits per heavy atom. The summed E-state index contributed by atoms with van der Waals surface area (Å²) in [7, 11) is 3.86. The first kappa shape index (κ1) is 15.2. The number of amides is 1. The molecule has 5 heteroatoms. The summed E-state index contributed by atoms with van der Waals surface area (Å²) in [5.74, 6) is 1.24. The fraction of sp³-hybridized carbons (Fsp3) is 0.438. The number of nitrogens with zero attached hydrogens (tertiary/aromatic N) is 4. The Hall–Kier alpha value is -2.17. The van der Waals surface area contributed by atoms with Gasteiger partial charge in [0, 0.05) is 58.3 Å². The number of carbonyl (C=O) groups is 1. The Bertz CT molecular complexity index is 565. The third kappa shape index (κ3) is 4.70. The summed E-state index contributed by atoms with van der Waals surface area (Å²) in [5.41, 5.74) is 1.10. The summed E-state index contributed by atoms with van der Waals surface area (Å²) >= 11 is 0. The molecule has 0 aliphatic rings. The molecule has 2 rings (SSSR count). The number of rotatable bonds is 7. The van der Waals surface area contributed by atoms with Crippen molar-refractivity contribution >= 4 is 5.91 Å². The molecule has 5 nitrogen and oxygen atoms in total. The van der Waals surface area contributed by atoms with Crippen molar-refractivity contribution in [1.29, 1.82) is 0 Å². The normalized spacial score (nSPS) is 10.6. The maximum Gasteiger partial charge on any atom is 0.222 e. The second-order valence-corrected chi connectivity index (χ2v) is 5.23. The average molecular weight is 286 g/mol. The van der Waals surface area contributed by atoms with Crippen LogP contribution in [0.4, 0.5) is 0 Å². The molecule has 0 fully saturated rings. The predicted molar refractivity (Wildman–Crippen MR) is 81.7 cm³/mol. The number of carbonyl (C=O) groups excluding carboxylic acids is 1. The highest BCUT2D eigenvalue weighted by molar-refractivity contribution is 5.76. The van der Waals surface area contributed by atoms with Crippen LogP contribution in [0, 0.1) is 0 Å². The molecule has 0 saturated heterocycles. The van der Waals surface area contributed by atoms with Gasteiger partial charge in [0.05, 0.1) is 0 Å². The van der Waals surface area contributed by atoms with Crippen molar-refractivity contribution in [3.8, 4) is 0 Å². The fourth-order valence-electron chi connectivity index (χ4n) is 2.22. The van der Waals surface area contributed by atoms with Crippen LogP contribution < -0.4 is 0 Å². The molecule has 112 valence electrons. The van der Waals surface area contributed by atoms with Crippen molar-refractivity contribution in [2.75, 3.05) is 13.6 Å². The fourth-order valence-corrected chi connectivity index (χ4v) is 2.22. The first-order valence-electron chi connectivity index (χ1n) is 7.26. The highest BCUT2D eigenvalue weighted by Crippen LogP contribution is 2.04. The molecule has 2 aromatic rings. The number of aryl methyl sites for hydroxylation is 3. The van der Waals surface area contributed by atoms with Gasteiger partial charge in [-0.05, 0) is 24.5 Å². The van der Waals surface area contributed by atoms with Crippen LogP contribution in [-0.2, 0) is 24.7 Å². The smallest absolute Gasteiger partial charge is 0.222 e. The quantitative estimate of drug-likeness (QED) is 0.780. The van der Waals surface area contributed by atoms with E-state index in [1.807, 2.05) is 43.2 Å². The lowest BCUT2D eigenvalue weighted by atomic mass is 10.1. The third-order valence-corrected chi connectivity index (χ3v) is 3.59. The molecule has 0 N–H and O–H groups in total. The van der Waals surface area contributed by atoms with Crippen LogP contribution in [0.3, 0.4) is 0 Å². The molecule has 21 heavy (non-hydrogen) atoms. The van der Waals surface area contributed by atoms with Crippen LogP contribution in [0.25, 0.3) is 0 Å². The number of imidazole rings is 1. The van der Waals surface area contributed by atoms with Gasteiger partial charge in [0.25, 0.3) is 0 Å². The molecule has 0 saturated carbocycles. The summed E-state index contributed by atoms with van der Waals surface area (Å²) in [6.07, 6.45) is 10.4. The van der Waals surface area contributed by atoms with Gasteiger partial charge >= 0.3 is 0 Å². The Balaban J connectivity index is 1.69. The van der Waals surface area contributed by atoms with Gasteiger partial charge in [0.15, 0.2) is 0 Å². The van der Waals surface area contributed by atoms with Crippen LogP contribution in [-0.4, -0.2) is 38.9 Å². The maximum absolute atomic E-state index is 12.1. The van der Waals surface area contributed by atoms with E-state index in [4.69, 9.17) is 0 Å². The number of hydrogen-bond donors (Lipinski definition) is 0. The zero-order valence-corrected chi connectivity index (χ0v) is 12.7. The summed E-state index contributed by atoms with van der Waals surface area (Å²) in [6, 6.07) is 3.90. The molecule has 2 heterocycles. The zero-order valence-electron chi connectivity index (χ0n) is 12.7. The molecule has 0 unspecified atom stereocenters. The highest BCUT2D eigenvalue weighted by Gasteiger charge is 2.09. The van der Waals surface area contributed by atoms with E-state index in [0.717, 1.165) is 37.2 Å². The number of pyridine rings is 1.